The van der Waals surface area contributed by atoms with Crippen LogP contribution < -0.4 is 4.74 Å². The van der Waals surface area contributed by atoms with Crippen LogP contribution in [0.5, 0.6) is 5.75 Å². The van der Waals surface area contributed by atoms with Crippen molar-refractivity contribution in [3.05, 3.63) is 102 Å². The summed E-state index contributed by atoms with van der Waals surface area (Å²) in [5, 5.41) is 9.44. The highest BCUT2D eigenvalue weighted by molar-refractivity contribution is 5.73. The normalized spacial score (nSPS) is 11.7. The third-order valence-corrected chi connectivity index (χ3v) is 4.29. The van der Waals surface area contributed by atoms with Gasteiger partial charge in [-0.05, 0) is 41.7 Å². The highest BCUT2D eigenvalue weighted by atomic mass is 16.5. The number of aryl methyl sites for hydroxylation is 2. The zero-order valence-corrected chi connectivity index (χ0v) is 14.5. The van der Waals surface area contributed by atoms with Crippen LogP contribution in [0.4, 0.5) is 0 Å². The Bertz CT molecular complexity index is 811. The second-order valence-electron chi connectivity index (χ2n) is 6.26. The fourth-order valence-electron chi connectivity index (χ4n) is 2.84. The molecule has 0 amide bonds. The van der Waals surface area contributed by atoms with Crippen molar-refractivity contribution in [1.82, 2.24) is 0 Å². The van der Waals surface area contributed by atoms with Gasteiger partial charge in [-0.15, -0.1) is 0 Å². The summed E-state index contributed by atoms with van der Waals surface area (Å²) in [6, 6.07) is 27.6. The van der Waals surface area contributed by atoms with Gasteiger partial charge in [-0.25, -0.2) is 4.79 Å². The average Bonchev–Trinajstić information content (AvgIpc) is 2.68. The zero-order chi connectivity index (χ0) is 18.2. The fourth-order valence-corrected chi connectivity index (χ4v) is 2.84. The molecule has 26 heavy (non-hydrogen) atoms. The Morgan fingerprint density at radius 3 is 1.77 bits per heavy atom. The van der Waals surface area contributed by atoms with E-state index in [4.69, 9.17) is 4.74 Å². The lowest BCUT2D eigenvalue weighted by Gasteiger charge is -2.15. The van der Waals surface area contributed by atoms with Crippen molar-refractivity contribution in [2.75, 3.05) is 0 Å². The third kappa shape index (κ3) is 5.21. The van der Waals surface area contributed by atoms with E-state index in [0.717, 1.165) is 18.4 Å². The van der Waals surface area contributed by atoms with Crippen LogP contribution in [0.1, 0.15) is 16.7 Å². The summed E-state index contributed by atoms with van der Waals surface area (Å²) in [7, 11) is 0. The third-order valence-electron chi connectivity index (χ3n) is 4.29. The molecule has 0 radical (unpaired) electrons. The fraction of sp³-hybridized carbons (Fsp3) is 0.174. The van der Waals surface area contributed by atoms with Gasteiger partial charge in [-0.2, -0.15) is 0 Å². The van der Waals surface area contributed by atoms with Crippen LogP contribution in [0, 0.1) is 0 Å². The molecule has 3 nitrogen and oxygen atoms in total. The molecule has 0 spiro atoms. The molecule has 0 aliphatic heterocycles. The second-order valence-corrected chi connectivity index (χ2v) is 6.26. The van der Waals surface area contributed by atoms with Crippen LogP contribution in [0.2, 0.25) is 0 Å². The van der Waals surface area contributed by atoms with E-state index in [1.807, 2.05) is 72.8 Å². The Labute approximate surface area is 153 Å². The largest absolute Gasteiger partial charge is 0.478 e. The van der Waals surface area contributed by atoms with Crippen molar-refractivity contribution >= 4 is 5.97 Å². The van der Waals surface area contributed by atoms with Crippen molar-refractivity contribution in [2.24, 2.45) is 0 Å². The highest BCUT2D eigenvalue weighted by Crippen LogP contribution is 2.17. The number of carboxylic acid groups (broad SMARTS) is 1. The van der Waals surface area contributed by atoms with Crippen LogP contribution in [0.25, 0.3) is 0 Å². The molecule has 0 aliphatic rings. The topological polar surface area (TPSA) is 46.5 Å². The van der Waals surface area contributed by atoms with Gasteiger partial charge in [0.15, 0.2) is 6.10 Å². The Hall–Kier alpha value is -3.07. The number of rotatable bonds is 8. The molecule has 0 bridgehead atoms. The number of hydrogen-bond donors (Lipinski definition) is 1. The van der Waals surface area contributed by atoms with Gasteiger partial charge in [-0.3, -0.25) is 0 Å². The maximum Gasteiger partial charge on any atom is 0.345 e. The number of hydrogen-bond acceptors (Lipinski definition) is 2. The molecule has 0 saturated carbocycles. The maximum atomic E-state index is 11.5. The quantitative estimate of drug-likeness (QED) is 0.651. The maximum absolute atomic E-state index is 11.5. The van der Waals surface area contributed by atoms with E-state index in [2.05, 4.69) is 12.1 Å². The molecule has 1 atom stereocenters. The van der Waals surface area contributed by atoms with Crippen LogP contribution in [-0.4, -0.2) is 17.2 Å². The summed E-state index contributed by atoms with van der Waals surface area (Å²) >= 11 is 0. The number of carboxylic acids is 1. The lowest BCUT2D eigenvalue weighted by Crippen LogP contribution is -2.29. The average molecular weight is 346 g/mol. The summed E-state index contributed by atoms with van der Waals surface area (Å²) in [6.45, 7) is 0. The first kappa shape index (κ1) is 17.7. The first-order valence-corrected chi connectivity index (χ1v) is 8.77. The molecule has 3 aromatic carbocycles. The van der Waals surface area contributed by atoms with E-state index in [1.165, 1.54) is 11.1 Å². The van der Waals surface area contributed by atoms with E-state index in [1.54, 1.807) is 0 Å². The Morgan fingerprint density at radius 1 is 0.731 bits per heavy atom. The molecule has 3 heteroatoms. The van der Waals surface area contributed by atoms with Gasteiger partial charge in [0.1, 0.15) is 5.75 Å². The minimum absolute atomic E-state index is 0.339. The molecule has 1 unspecified atom stereocenters. The first-order valence-electron chi connectivity index (χ1n) is 8.77. The zero-order valence-electron chi connectivity index (χ0n) is 14.5. The van der Waals surface area contributed by atoms with Gasteiger partial charge in [0.25, 0.3) is 0 Å². The SMILES string of the molecule is O=C(O)C(Cc1ccccc1)Oc1ccc(CCc2ccccc2)cc1. The summed E-state index contributed by atoms with van der Waals surface area (Å²) < 4.78 is 5.70. The summed E-state index contributed by atoms with van der Waals surface area (Å²) in [4.78, 5) is 11.5. The molecule has 0 aliphatic carbocycles. The smallest absolute Gasteiger partial charge is 0.345 e. The lowest BCUT2D eigenvalue weighted by molar-refractivity contribution is -0.145. The highest BCUT2D eigenvalue weighted by Gasteiger charge is 2.19. The van der Waals surface area contributed by atoms with Gasteiger partial charge in [0.05, 0.1) is 0 Å². The van der Waals surface area contributed by atoms with Crippen molar-refractivity contribution in [3.63, 3.8) is 0 Å². The van der Waals surface area contributed by atoms with E-state index >= 15 is 0 Å². The molecule has 0 saturated heterocycles. The molecule has 132 valence electrons. The molecule has 3 rings (SSSR count). The molecule has 0 heterocycles. The van der Waals surface area contributed by atoms with E-state index in [-0.39, 0.29) is 0 Å². The molecule has 0 fully saturated rings. The number of aliphatic carboxylic acids is 1. The molecular formula is C23H22O3. The monoisotopic (exact) mass is 346 g/mol. The first-order chi connectivity index (χ1) is 12.7. The van der Waals surface area contributed by atoms with Crippen LogP contribution in [0.15, 0.2) is 84.9 Å². The van der Waals surface area contributed by atoms with E-state index in [9.17, 15) is 9.90 Å². The predicted molar refractivity (Wildman–Crippen MR) is 102 cm³/mol. The lowest BCUT2D eigenvalue weighted by atomic mass is 10.0. The Kier molecular flexibility index (Phi) is 6.05. The van der Waals surface area contributed by atoms with Crippen molar-refractivity contribution in [2.45, 2.75) is 25.4 Å². The van der Waals surface area contributed by atoms with Gasteiger partial charge in [0.2, 0.25) is 0 Å². The van der Waals surface area contributed by atoms with E-state index < -0.39 is 12.1 Å². The molecule has 1 N–H and O–H groups in total. The minimum atomic E-state index is -0.956. The Morgan fingerprint density at radius 2 is 1.23 bits per heavy atom. The minimum Gasteiger partial charge on any atom is -0.478 e. The van der Waals surface area contributed by atoms with Gasteiger partial charge in [0, 0.05) is 6.42 Å². The summed E-state index contributed by atoms with van der Waals surface area (Å²) in [5.74, 6) is -0.376. The van der Waals surface area contributed by atoms with Crippen molar-refractivity contribution in [3.8, 4) is 5.75 Å². The van der Waals surface area contributed by atoms with Crippen LogP contribution in [-0.2, 0) is 24.1 Å². The van der Waals surface area contributed by atoms with Gasteiger partial charge in [-0.1, -0.05) is 72.8 Å². The Balaban J connectivity index is 1.59. The van der Waals surface area contributed by atoms with Crippen molar-refractivity contribution < 1.29 is 14.6 Å². The van der Waals surface area contributed by atoms with Crippen LogP contribution in [0.3, 0.4) is 0 Å². The van der Waals surface area contributed by atoms with E-state index in [0.29, 0.717) is 12.2 Å². The predicted octanol–water partition coefficient (Wildman–Crippen LogP) is 4.55. The summed E-state index contributed by atoms with van der Waals surface area (Å²) in [5.41, 5.74) is 3.46. The van der Waals surface area contributed by atoms with Crippen molar-refractivity contribution in [1.29, 1.82) is 0 Å². The van der Waals surface area contributed by atoms with Gasteiger partial charge < -0.3 is 9.84 Å². The second kappa shape index (κ2) is 8.86. The number of carbonyl (C=O) groups is 1. The number of benzene rings is 3. The summed E-state index contributed by atoms with van der Waals surface area (Å²) in [6.07, 6.45) is 1.36. The van der Waals surface area contributed by atoms with Gasteiger partial charge >= 0.3 is 5.97 Å². The molecule has 0 aromatic heterocycles. The molecule has 3 aromatic rings. The number of ether oxygens (including phenoxy) is 1. The molecular weight excluding hydrogens is 324 g/mol. The standard InChI is InChI=1S/C23H22O3/c24-23(25)22(17-20-9-5-2-6-10-20)26-21-15-13-19(14-16-21)12-11-18-7-3-1-4-8-18/h1-10,13-16,22H,11-12,17H2,(H,24,25). The van der Waals surface area contributed by atoms with Crippen LogP contribution >= 0.6 is 0 Å².